The molecule has 1 rings (SSSR count). The second kappa shape index (κ2) is 5.54. The van der Waals surface area contributed by atoms with Crippen molar-refractivity contribution in [1.82, 2.24) is 9.97 Å². The number of rotatable bonds is 5. The summed E-state index contributed by atoms with van der Waals surface area (Å²) in [5.74, 6) is 0.742. The van der Waals surface area contributed by atoms with E-state index in [9.17, 15) is 0 Å². The fraction of sp³-hybridized carbons (Fsp3) is 0.600. The molecule has 0 aromatic carbocycles. The molecule has 0 spiro atoms. The van der Waals surface area contributed by atoms with Crippen molar-refractivity contribution < 1.29 is 5.11 Å². The molecule has 0 aliphatic carbocycles. The van der Waals surface area contributed by atoms with Gasteiger partial charge in [0.1, 0.15) is 0 Å². The van der Waals surface area contributed by atoms with Gasteiger partial charge in [-0.25, -0.2) is 9.97 Å². The van der Waals surface area contributed by atoms with Gasteiger partial charge < -0.3 is 10.0 Å². The Morgan fingerprint density at radius 1 is 1.29 bits per heavy atom. The van der Waals surface area contributed by atoms with Crippen LogP contribution in [0.5, 0.6) is 0 Å². The molecule has 0 saturated heterocycles. The molecule has 14 heavy (non-hydrogen) atoms. The minimum atomic E-state index is 0.000181. The quantitative estimate of drug-likeness (QED) is 0.767. The first-order valence-corrected chi connectivity index (χ1v) is 4.98. The van der Waals surface area contributed by atoms with Crippen molar-refractivity contribution in [1.29, 1.82) is 0 Å². The molecule has 4 nitrogen and oxygen atoms in total. The summed E-state index contributed by atoms with van der Waals surface area (Å²) in [5.41, 5.74) is 0.751. The summed E-state index contributed by atoms with van der Waals surface area (Å²) in [6, 6.07) is 0. The maximum Gasteiger partial charge on any atom is 0.225 e. The average Bonchev–Trinajstić information content (AvgIpc) is 2.26. The van der Waals surface area contributed by atoms with Crippen molar-refractivity contribution in [2.24, 2.45) is 0 Å². The Balaban J connectivity index is 2.73. The number of nitrogens with zero attached hydrogens (tertiary/aromatic N) is 3. The third kappa shape index (κ3) is 2.67. The molecule has 1 aromatic heterocycles. The highest BCUT2D eigenvalue weighted by molar-refractivity contribution is 5.29. The normalized spacial score (nSPS) is 10.2. The van der Waals surface area contributed by atoms with Crippen LogP contribution in [0.1, 0.15) is 25.8 Å². The van der Waals surface area contributed by atoms with Gasteiger partial charge in [-0.05, 0) is 13.3 Å². The number of hydrogen-bond acceptors (Lipinski definition) is 4. The Bertz CT molecular complexity index is 261. The van der Waals surface area contributed by atoms with E-state index in [1.807, 2.05) is 0 Å². The topological polar surface area (TPSA) is 49.2 Å². The smallest absolute Gasteiger partial charge is 0.225 e. The lowest BCUT2D eigenvalue weighted by Gasteiger charge is -2.19. The lowest BCUT2D eigenvalue weighted by Crippen LogP contribution is -2.25. The molecule has 0 aliphatic heterocycles. The van der Waals surface area contributed by atoms with E-state index < -0.39 is 0 Å². The average molecular weight is 195 g/mol. The number of aromatic nitrogens is 2. The molecule has 1 aromatic rings. The van der Waals surface area contributed by atoms with Crippen molar-refractivity contribution in [3.63, 3.8) is 0 Å². The Hall–Kier alpha value is -1.16. The van der Waals surface area contributed by atoms with Crippen molar-refractivity contribution >= 4 is 5.95 Å². The predicted octanol–water partition coefficient (Wildman–Crippen LogP) is 1.21. The third-order valence-corrected chi connectivity index (χ3v) is 2.03. The van der Waals surface area contributed by atoms with Crippen LogP contribution in [0.15, 0.2) is 12.4 Å². The van der Waals surface area contributed by atoms with Crippen LogP contribution in [0.2, 0.25) is 0 Å². The Kier molecular flexibility index (Phi) is 4.32. The standard InChI is InChI=1S/C10H17N3O/c1-3-5-13(4-2)10-11-6-9(8-14)7-12-10/h6-7,14H,3-5,8H2,1-2H3. The second-order valence-electron chi connectivity index (χ2n) is 3.13. The lowest BCUT2D eigenvalue weighted by atomic mass is 10.4. The van der Waals surface area contributed by atoms with Gasteiger partial charge in [0.15, 0.2) is 0 Å². The van der Waals surface area contributed by atoms with Crippen LogP contribution in [-0.2, 0) is 6.61 Å². The minimum Gasteiger partial charge on any atom is -0.392 e. The van der Waals surface area contributed by atoms with Crippen LogP contribution in [0.25, 0.3) is 0 Å². The molecule has 78 valence electrons. The van der Waals surface area contributed by atoms with Gasteiger partial charge in [-0.2, -0.15) is 0 Å². The van der Waals surface area contributed by atoms with Gasteiger partial charge in [-0.1, -0.05) is 6.92 Å². The van der Waals surface area contributed by atoms with Gasteiger partial charge in [0.2, 0.25) is 5.95 Å². The van der Waals surface area contributed by atoms with Crippen molar-refractivity contribution in [3.05, 3.63) is 18.0 Å². The van der Waals surface area contributed by atoms with E-state index in [0.717, 1.165) is 31.0 Å². The molecule has 0 fully saturated rings. The Morgan fingerprint density at radius 3 is 2.36 bits per heavy atom. The minimum absolute atomic E-state index is 0.000181. The molecule has 1 heterocycles. The molecule has 1 N–H and O–H groups in total. The van der Waals surface area contributed by atoms with Gasteiger partial charge in [0.25, 0.3) is 0 Å². The van der Waals surface area contributed by atoms with Gasteiger partial charge in [0, 0.05) is 31.0 Å². The monoisotopic (exact) mass is 195 g/mol. The van der Waals surface area contributed by atoms with Crippen LogP contribution in [0.3, 0.4) is 0 Å². The van der Waals surface area contributed by atoms with E-state index in [1.54, 1.807) is 12.4 Å². The third-order valence-electron chi connectivity index (χ3n) is 2.03. The summed E-state index contributed by atoms with van der Waals surface area (Å²) in [6.07, 6.45) is 4.42. The first-order valence-electron chi connectivity index (χ1n) is 4.98. The van der Waals surface area contributed by atoms with Crippen molar-refractivity contribution in [3.8, 4) is 0 Å². The van der Waals surface area contributed by atoms with Crippen LogP contribution >= 0.6 is 0 Å². The molecule has 0 amide bonds. The van der Waals surface area contributed by atoms with Gasteiger partial charge in [-0.15, -0.1) is 0 Å². The molecule has 0 atom stereocenters. The number of anilines is 1. The molecule has 0 radical (unpaired) electrons. The Labute approximate surface area is 84.6 Å². The van der Waals surface area contributed by atoms with Gasteiger partial charge in [-0.3, -0.25) is 0 Å². The summed E-state index contributed by atoms with van der Waals surface area (Å²) >= 11 is 0. The van der Waals surface area contributed by atoms with E-state index in [1.165, 1.54) is 0 Å². The molecule has 0 aliphatic rings. The van der Waals surface area contributed by atoms with E-state index in [2.05, 4.69) is 28.7 Å². The molecular weight excluding hydrogens is 178 g/mol. The predicted molar refractivity (Wildman–Crippen MR) is 56.1 cm³/mol. The van der Waals surface area contributed by atoms with Gasteiger partial charge in [0.05, 0.1) is 6.61 Å². The summed E-state index contributed by atoms with van der Waals surface area (Å²) in [5, 5.41) is 8.83. The number of aliphatic hydroxyl groups excluding tert-OH is 1. The Morgan fingerprint density at radius 2 is 1.93 bits per heavy atom. The van der Waals surface area contributed by atoms with E-state index in [-0.39, 0.29) is 6.61 Å². The fourth-order valence-corrected chi connectivity index (χ4v) is 1.26. The summed E-state index contributed by atoms with van der Waals surface area (Å²) in [4.78, 5) is 10.5. The van der Waals surface area contributed by atoms with Gasteiger partial charge >= 0.3 is 0 Å². The first-order chi connectivity index (χ1) is 6.81. The molecular formula is C10H17N3O. The number of aliphatic hydroxyl groups is 1. The van der Waals surface area contributed by atoms with E-state index >= 15 is 0 Å². The first kappa shape index (κ1) is 10.9. The fourth-order valence-electron chi connectivity index (χ4n) is 1.26. The van der Waals surface area contributed by atoms with Crippen LogP contribution in [-0.4, -0.2) is 28.2 Å². The molecule has 4 heteroatoms. The van der Waals surface area contributed by atoms with E-state index in [4.69, 9.17) is 5.11 Å². The zero-order valence-electron chi connectivity index (χ0n) is 8.77. The molecule has 0 unspecified atom stereocenters. The maximum absolute atomic E-state index is 8.83. The highest BCUT2D eigenvalue weighted by Crippen LogP contribution is 2.07. The van der Waals surface area contributed by atoms with Crippen molar-refractivity contribution in [2.75, 3.05) is 18.0 Å². The lowest BCUT2D eigenvalue weighted by molar-refractivity contribution is 0.281. The van der Waals surface area contributed by atoms with Crippen LogP contribution < -0.4 is 4.90 Å². The SMILES string of the molecule is CCCN(CC)c1ncc(CO)cn1. The maximum atomic E-state index is 8.83. The summed E-state index contributed by atoms with van der Waals surface area (Å²) < 4.78 is 0. The zero-order valence-corrected chi connectivity index (χ0v) is 8.77. The van der Waals surface area contributed by atoms with Crippen molar-refractivity contribution in [2.45, 2.75) is 26.9 Å². The van der Waals surface area contributed by atoms with E-state index in [0.29, 0.717) is 0 Å². The highest BCUT2D eigenvalue weighted by atomic mass is 16.3. The van der Waals surface area contributed by atoms with Crippen LogP contribution in [0.4, 0.5) is 5.95 Å². The molecule has 0 bridgehead atoms. The summed E-state index contributed by atoms with van der Waals surface area (Å²) in [6.45, 7) is 6.09. The summed E-state index contributed by atoms with van der Waals surface area (Å²) in [7, 11) is 0. The number of hydrogen-bond donors (Lipinski definition) is 1. The highest BCUT2D eigenvalue weighted by Gasteiger charge is 2.05. The zero-order chi connectivity index (χ0) is 10.4. The second-order valence-corrected chi connectivity index (χ2v) is 3.13. The molecule has 0 saturated carbocycles. The largest absolute Gasteiger partial charge is 0.392 e. The van der Waals surface area contributed by atoms with Crippen LogP contribution in [0, 0.1) is 0 Å².